The number of H-pyrrole nitrogens is 2. The van der Waals surface area contributed by atoms with Crippen molar-refractivity contribution in [2.45, 2.75) is 38.3 Å². The Morgan fingerprint density at radius 1 is 1.20 bits per heavy atom. The fourth-order valence-corrected chi connectivity index (χ4v) is 4.87. The van der Waals surface area contributed by atoms with E-state index in [1.165, 1.54) is 11.3 Å². The Hall–Kier alpha value is -4.12. The number of carbonyl (C=O) groups is 3. The highest BCUT2D eigenvalue weighted by molar-refractivity contribution is 7.17. The zero-order valence-electron chi connectivity index (χ0n) is 18.9. The zero-order chi connectivity index (χ0) is 24.3. The number of aromatic amines is 2. The number of nitrogens with one attached hydrogen (secondary N) is 5. The summed E-state index contributed by atoms with van der Waals surface area (Å²) in [6.45, 7) is 3.36. The molecule has 0 atom stereocenters. The number of ether oxygens (including phenoxy) is 1. The molecule has 1 fully saturated rings. The molecule has 3 amide bonds. The van der Waals surface area contributed by atoms with Crippen molar-refractivity contribution < 1.29 is 19.1 Å². The number of rotatable bonds is 5. The molecule has 1 aliphatic carbocycles. The van der Waals surface area contributed by atoms with Crippen LogP contribution < -0.4 is 20.7 Å². The first-order valence-electron chi connectivity index (χ1n) is 11.2. The predicted octanol–water partition coefficient (Wildman–Crippen LogP) is 3.87. The van der Waals surface area contributed by atoms with E-state index >= 15 is 0 Å². The molecule has 0 radical (unpaired) electrons. The van der Waals surface area contributed by atoms with E-state index in [0.717, 1.165) is 23.3 Å². The molecule has 1 aliphatic heterocycles. The molecule has 0 bridgehead atoms. The van der Waals surface area contributed by atoms with Crippen molar-refractivity contribution in [3.63, 3.8) is 0 Å². The fourth-order valence-electron chi connectivity index (χ4n) is 3.99. The van der Waals surface area contributed by atoms with Gasteiger partial charge in [-0.2, -0.15) is 5.10 Å². The van der Waals surface area contributed by atoms with Crippen molar-refractivity contribution in [2.75, 3.05) is 10.6 Å². The van der Waals surface area contributed by atoms with Crippen LogP contribution in [0.2, 0.25) is 0 Å². The van der Waals surface area contributed by atoms with Crippen LogP contribution in [0.15, 0.2) is 36.7 Å². The quantitative estimate of drug-likeness (QED) is 0.289. The van der Waals surface area contributed by atoms with Gasteiger partial charge in [0.15, 0.2) is 5.60 Å². The summed E-state index contributed by atoms with van der Waals surface area (Å²) in [6.07, 6.45) is 5.31. The SMILES string of the molecule is CC1(C)Oc2cc3c(C(=O)NC4CC4)c(NC(=O)c4ccc(-c5cn[nH]c5)s4)[nH]c3cc2NC1=O. The molecule has 3 aromatic heterocycles. The van der Waals surface area contributed by atoms with E-state index in [2.05, 4.69) is 31.1 Å². The Balaban J connectivity index is 1.38. The van der Waals surface area contributed by atoms with Gasteiger partial charge in [0.2, 0.25) is 0 Å². The maximum atomic E-state index is 13.2. The summed E-state index contributed by atoms with van der Waals surface area (Å²) in [6, 6.07) is 7.16. The highest BCUT2D eigenvalue weighted by atomic mass is 32.1. The minimum Gasteiger partial charge on any atom is -0.476 e. The topological polar surface area (TPSA) is 141 Å². The van der Waals surface area contributed by atoms with Crippen LogP contribution in [0.1, 0.15) is 46.7 Å². The minimum atomic E-state index is -1.05. The van der Waals surface area contributed by atoms with Gasteiger partial charge in [-0.05, 0) is 51.0 Å². The third-order valence-corrected chi connectivity index (χ3v) is 7.18. The Bertz CT molecular complexity index is 1500. The molecule has 4 heterocycles. The van der Waals surface area contributed by atoms with Crippen molar-refractivity contribution in [1.29, 1.82) is 0 Å². The van der Waals surface area contributed by atoms with E-state index in [4.69, 9.17) is 4.74 Å². The monoisotopic (exact) mass is 490 g/mol. The van der Waals surface area contributed by atoms with Crippen molar-refractivity contribution in [1.82, 2.24) is 20.5 Å². The van der Waals surface area contributed by atoms with Crippen LogP contribution in [0.4, 0.5) is 11.5 Å². The summed E-state index contributed by atoms with van der Waals surface area (Å²) in [4.78, 5) is 43.2. The van der Waals surface area contributed by atoms with Crippen LogP contribution in [0.3, 0.4) is 0 Å². The van der Waals surface area contributed by atoms with Crippen LogP contribution in [-0.2, 0) is 4.79 Å². The van der Waals surface area contributed by atoms with E-state index in [0.29, 0.717) is 32.8 Å². The van der Waals surface area contributed by atoms with Crippen LogP contribution in [0.5, 0.6) is 5.75 Å². The van der Waals surface area contributed by atoms with Gasteiger partial charge in [-0.1, -0.05) is 0 Å². The molecule has 11 heteroatoms. The third kappa shape index (κ3) is 3.83. The van der Waals surface area contributed by atoms with Gasteiger partial charge in [-0.3, -0.25) is 19.5 Å². The Morgan fingerprint density at radius 2 is 2.03 bits per heavy atom. The Kier molecular flexibility index (Phi) is 4.71. The number of anilines is 2. The maximum Gasteiger partial charge on any atom is 0.268 e. The van der Waals surface area contributed by atoms with Gasteiger partial charge in [0, 0.05) is 28.1 Å². The first-order valence-corrected chi connectivity index (χ1v) is 12.0. The molecular formula is C24H22N6O4S. The molecular weight excluding hydrogens is 468 g/mol. The predicted molar refractivity (Wildman–Crippen MR) is 132 cm³/mol. The average Bonchev–Trinajstić information content (AvgIpc) is 3.21. The van der Waals surface area contributed by atoms with Gasteiger partial charge < -0.3 is 25.7 Å². The van der Waals surface area contributed by atoms with Crippen molar-refractivity contribution >= 4 is 51.5 Å². The standard InChI is InChI=1S/C24H22N6O4S/c1-24(2)23(33)29-15-8-14-13(7-16(15)34-24)19(22(32)27-12-3-4-12)20(28-14)30-21(31)18-6-5-17(35-18)11-9-25-26-10-11/h5-10,12,28H,3-4H2,1-2H3,(H,25,26)(H,27,32)(H,29,33)(H,30,31). The summed E-state index contributed by atoms with van der Waals surface area (Å²) in [7, 11) is 0. The summed E-state index contributed by atoms with van der Waals surface area (Å²) >= 11 is 1.33. The number of benzene rings is 1. The Morgan fingerprint density at radius 3 is 2.77 bits per heavy atom. The van der Waals surface area contributed by atoms with Crippen molar-refractivity contribution in [2.24, 2.45) is 0 Å². The van der Waals surface area contributed by atoms with Gasteiger partial charge in [-0.15, -0.1) is 11.3 Å². The molecule has 5 N–H and O–H groups in total. The molecule has 0 unspecified atom stereocenters. The summed E-state index contributed by atoms with van der Waals surface area (Å²) < 4.78 is 5.91. The lowest BCUT2D eigenvalue weighted by Crippen LogP contribution is -2.45. The van der Waals surface area contributed by atoms with Crippen molar-refractivity contribution in [3.05, 3.63) is 47.1 Å². The number of thiophene rings is 1. The van der Waals surface area contributed by atoms with E-state index < -0.39 is 5.60 Å². The van der Waals surface area contributed by atoms with Gasteiger partial charge in [0.25, 0.3) is 17.7 Å². The molecule has 178 valence electrons. The number of fused-ring (bicyclic) bond motifs is 2. The van der Waals surface area contributed by atoms with Gasteiger partial charge in [0.05, 0.1) is 27.8 Å². The van der Waals surface area contributed by atoms with Crippen LogP contribution in [0.25, 0.3) is 21.3 Å². The largest absolute Gasteiger partial charge is 0.476 e. The number of aromatic nitrogens is 3. The third-order valence-electron chi connectivity index (χ3n) is 6.05. The number of hydrogen-bond donors (Lipinski definition) is 5. The number of nitrogens with zero attached hydrogens (tertiary/aromatic N) is 1. The average molecular weight is 491 g/mol. The summed E-state index contributed by atoms with van der Waals surface area (Å²) in [5, 5.41) is 16.0. The minimum absolute atomic E-state index is 0.137. The second-order valence-electron chi connectivity index (χ2n) is 9.19. The van der Waals surface area contributed by atoms with E-state index in [1.807, 2.05) is 6.07 Å². The number of hydrogen-bond acceptors (Lipinski definition) is 6. The van der Waals surface area contributed by atoms with E-state index in [9.17, 15) is 14.4 Å². The lowest BCUT2D eigenvalue weighted by Gasteiger charge is -2.31. The highest BCUT2D eigenvalue weighted by Crippen LogP contribution is 2.40. The summed E-state index contributed by atoms with van der Waals surface area (Å²) in [5.74, 6) is -0.135. The zero-order valence-corrected chi connectivity index (χ0v) is 19.8. The lowest BCUT2D eigenvalue weighted by molar-refractivity contribution is -0.129. The molecule has 0 spiro atoms. The highest BCUT2D eigenvalue weighted by Gasteiger charge is 2.36. The Labute approximate surface area is 203 Å². The molecule has 35 heavy (non-hydrogen) atoms. The molecule has 2 aliphatic rings. The van der Waals surface area contributed by atoms with E-state index in [-0.39, 0.29) is 29.6 Å². The molecule has 4 aromatic rings. The first-order chi connectivity index (χ1) is 16.8. The molecule has 1 saturated carbocycles. The van der Waals surface area contributed by atoms with Gasteiger partial charge >= 0.3 is 0 Å². The smallest absolute Gasteiger partial charge is 0.268 e. The summed E-state index contributed by atoms with van der Waals surface area (Å²) in [5.41, 5.74) is 1.26. The van der Waals surface area contributed by atoms with Crippen LogP contribution in [0, 0.1) is 0 Å². The lowest BCUT2D eigenvalue weighted by atomic mass is 10.0. The molecule has 1 aromatic carbocycles. The first kappa shape index (κ1) is 21.4. The second-order valence-corrected chi connectivity index (χ2v) is 10.3. The molecule has 10 nitrogen and oxygen atoms in total. The van der Waals surface area contributed by atoms with Crippen molar-refractivity contribution in [3.8, 4) is 16.2 Å². The number of carbonyl (C=O) groups excluding carboxylic acids is 3. The molecule has 0 saturated heterocycles. The molecule has 6 rings (SSSR count). The van der Waals surface area contributed by atoms with Crippen LogP contribution in [-0.4, -0.2) is 44.5 Å². The van der Waals surface area contributed by atoms with Crippen LogP contribution >= 0.6 is 11.3 Å². The normalized spacial score (nSPS) is 16.3. The van der Waals surface area contributed by atoms with Gasteiger partial charge in [-0.25, -0.2) is 0 Å². The second kappa shape index (κ2) is 7.70. The maximum absolute atomic E-state index is 13.2. The van der Waals surface area contributed by atoms with Gasteiger partial charge in [0.1, 0.15) is 11.6 Å². The number of amides is 3. The fraction of sp³-hybridized carbons (Fsp3) is 0.250. The van der Waals surface area contributed by atoms with E-state index in [1.54, 1.807) is 44.4 Å².